The van der Waals surface area contributed by atoms with Crippen molar-refractivity contribution in [3.8, 4) is 0 Å². The summed E-state index contributed by atoms with van der Waals surface area (Å²) in [5.74, 6) is 1.38. The van der Waals surface area contributed by atoms with E-state index in [4.69, 9.17) is 0 Å². The first kappa shape index (κ1) is 20.1. The van der Waals surface area contributed by atoms with Gasteiger partial charge in [0.2, 0.25) is 11.8 Å². The van der Waals surface area contributed by atoms with E-state index in [2.05, 4.69) is 20.4 Å². The Hall–Kier alpha value is -1.14. The van der Waals surface area contributed by atoms with Gasteiger partial charge in [-0.1, -0.05) is 12.8 Å². The normalized spacial score (nSPS) is 32.6. The molecule has 2 N–H and O–H groups in total. The predicted molar refractivity (Wildman–Crippen MR) is 110 cm³/mol. The Morgan fingerprint density at radius 1 is 0.893 bits per heavy atom. The smallest absolute Gasteiger partial charge is 0.225 e. The highest BCUT2D eigenvalue weighted by atomic mass is 16.2. The van der Waals surface area contributed by atoms with Gasteiger partial charge in [-0.25, -0.2) is 0 Å². The van der Waals surface area contributed by atoms with Crippen molar-refractivity contribution in [3.05, 3.63) is 0 Å². The summed E-state index contributed by atoms with van der Waals surface area (Å²) in [6.07, 6.45) is 10.6. The Balaban J connectivity index is 1.17. The van der Waals surface area contributed by atoms with Gasteiger partial charge in [0.05, 0.1) is 0 Å². The standard InChI is InChI=1S/C22H38N4O2/c27-21(15-17-3-1-2-4-17)24-19-7-5-18(6-8-19)22(28)26-12-9-20(16-26)25-13-10-23-11-14-25/h17-20,23H,1-16H2,(H,24,27). The van der Waals surface area contributed by atoms with Gasteiger partial charge in [-0.15, -0.1) is 0 Å². The van der Waals surface area contributed by atoms with Gasteiger partial charge in [0.1, 0.15) is 0 Å². The van der Waals surface area contributed by atoms with E-state index in [-0.39, 0.29) is 17.9 Å². The lowest BCUT2D eigenvalue weighted by molar-refractivity contribution is -0.135. The molecule has 2 saturated carbocycles. The second kappa shape index (κ2) is 9.57. The number of piperazine rings is 1. The SMILES string of the molecule is O=C(CC1CCCC1)NC1CCC(C(=O)N2CCC(N3CCNCC3)C2)CC1. The van der Waals surface area contributed by atoms with E-state index in [9.17, 15) is 9.59 Å². The fourth-order valence-corrected chi connectivity index (χ4v) is 5.79. The van der Waals surface area contributed by atoms with Gasteiger partial charge in [-0.3, -0.25) is 14.5 Å². The highest BCUT2D eigenvalue weighted by molar-refractivity contribution is 5.79. The fourth-order valence-electron chi connectivity index (χ4n) is 5.79. The molecule has 2 aliphatic heterocycles. The molecule has 1 atom stereocenters. The van der Waals surface area contributed by atoms with Crippen LogP contribution in [0.15, 0.2) is 0 Å². The first-order valence-electron chi connectivity index (χ1n) is 11.7. The number of hydrogen-bond donors (Lipinski definition) is 2. The molecular formula is C22H38N4O2. The molecule has 2 amide bonds. The Kier molecular flexibility index (Phi) is 6.89. The van der Waals surface area contributed by atoms with Gasteiger partial charge < -0.3 is 15.5 Å². The van der Waals surface area contributed by atoms with Crippen LogP contribution in [-0.2, 0) is 9.59 Å². The largest absolute Gasteiger partial charge is 0.353 e. The van der Waals surface area contributed by atoms with Crippen molar-refractivity contribution >= 4 is 11.8 Å². The molecule has 0 radical (unpaired) electrons. The summed E-state index contributed by atoms with van der Waals surface area (Å²) >= 11 is 0. The van der Waals surface area contributed by atoms with Gasteiger partial charge in [0.15, 0.2) is 0 Å². The molecule has 158 valence electrons. The fraction of sp³-hybridized carbons (Fsp3) is 0.909. The minimum Gasteiger partial charge on any atom is -0.353 e. The highest BCUT2D eigenvalue weighted by Crippen LogP contribution is 2.30. The molecule has 6 heteroatoms. The Bertz CT molecular complexity index is 535. The summed E-state index contributed by atoms with van der Waals surface area (Å²) in [7, 11) is 0. The molecule has 4 fully saturated rings. The van der Waals surface area contributed by atoms with Gasteiger partial charge in [-0.05, 0) is 50.9 Å². The monoisotopic (exact) mass is 390 g/mol. The molecule has 2 saturated heterocycles. The topological polar surface area (TPSA) is 64.7 Å². The van der Waals surface area contributed by atoms with Crippen LogP contribution in [0.1, 0.15) is 64.2 Å². The minimum atomic E-state index is 0.171. The number of carbonyl (C=O) groups excluding carboxylic acids is 2. The molecule has 0 bridgehead atoms. The molecule has 0 aromatic rings. The van der Waals surface area contributed by atoms with Crippen LogP contribution in [0.4, 0.5) is 0 Å². The first-order chi connectivity index (χ1) is 13.7. The van der Waals surface area contributed by atoms with Crippen LogP contribution in [0.2, 0.25) is 0 Å². The summed E-state index contributed by atoms with van der Waals surface area (Å²) in [6.45, 7) is 6.20. The number of carbonyl (C=O) groups is 2. The number of hydrogen-bond acceptors (Lipinski definition) is 4. The molecule has 0 spiro atoms. The Morgan fingerprint density at radius 2 is 1.61 bits per heavy atom. The minimum absolute atomic E-state index is 0.171. The maximum absolute atomic E-state index is 13.0. The van der Waals surface area contributed by atoms with E-state index in [1.165, 1.54) is 25.7 Å². The third-order valence-electron chi connectivity index (χ3n) is 7.53. The zero-order valence-electron chi connectivity index (χ0n) is 17.3. The highest BCUT2D eigenvalue weighted by Gasteiger charge is 2.35. The molecule has 0 aromatic heterocycles. The lowest BCUT2D eigenvalue weighted by Crippen LogP contribution is -2.49. The lowest BCUT2D eigenvalue weighted by atomic mass is 9.85. The van der Waals surface area contributed by atoms with Crippen molar-refractivity contribution < 1.29 is 9.59 Å². The van der Waals surface area contributed by atoms with Crippen molar-refractivity contribution in [1.29, 1.82) is 0 Å². The van der Waals surface area contributed by atoms with E-state index in [0.717, 1.165) is 71.4 Å². The van der Waals surface area contributed by atoms with Crippen LogP contribution in [-0.4, -0.2) is 73.0 Å². The second-order valence-corrected chi connectivity index (χ2v) is 9.48. The third kappa shape index (κ3) is 5.07. The summed E-state index contributed by atoms with van der Waals surface area (Å²) in [5, 5.41) is 6.66. The molecule has 1 unspecified atom stereocenters. The van der Waals surface area contributed by atoms with Crippen molar-refractivity contribution in [2.24, 2.45) is 11.8 Å². The van der Waals surface area contributed by atoms with E-state index >= 15 is 0 Å². The summed E-state index contributed by atoms with van der Waals surface area (Å²) in [6, 6.07) is 0.836. The molecule has 4 rings (SSSR count). The van der Waals surface area contributed by atoms with E-state index in [1.807, 2.05) is 0 Å². The van der Waals surface area contributed by atoms with Crippen molar-refractivity contribution in [3.63, 3.8) is 0 Å². The summed E-state index contributed by atoms with van der Waals surface area (Å²) < 4.78 is 0. The zero-order chi connectivity index (χ0) is 19.3. The first-order valence-corrected chi connectivity index (χ1v) is 11.7. The predicted octanol–water partition coefficient (Wildman–Crippen LogP) is 1.75. The average Bonchev–Trinajstić information content (AvgIpc) is 3.41. The van der Waals surface area contributed by atoms with Crippen molar-refractivity contribution in [2.45, 2.75) is 76.3 Å². The van der Waals surface area contributed by atoms with E-state index in [0.29, 0.717) is 24.3 Å². The van der Waals surface area contributed by atoms with Crippen LogP contribution >= 0.6 is 0 Å². The van der Waals surface area contributed by atoms with Gasteiger partial charge in [0, 0.05) is 63.7 Å². The van der Waals surface area contributed by atoms with Gasteiger partial charge in [0.25, 0.3) is 0 Å². The summed E-state index contributed by atoms with van der Waals surface area (Å²) in [5.41, 5.74) is 0. The van der Waals surface area contributed by atoms with E-state index < -0.39 is 0 Å². The van der Waals surface area contributed by atoms with Crippen LogP contribution in [0.25, 0.3) is 0 Å². The number of amides is 2. The van der Waals surface area contributed by atoms with E-state index in [1.54, 1.807) is 0 Å². The van der Waals surface area contributed by atoms with Gasteiger partial charge in [-0.2, -0.15) is 0 Å². The van der Waals surface area contributed by atoms with Crippen LogP contribution in [0.5, 0.6) is 0 Å². The lowest BCUT2D eigenvalue weighted by Gasteiger charge is -2.33. The van der Waals surface area contributed by atoms with Crippen LogP contribution in [0, 0.1) is 11.8 Å². The Morgan fingerprint density at radius 3 is 2.32 bits per heavy atom. The molecule has 6 nitrogen and oxygen atoms in total. The molecule has 28 heavy (non-hydrogen) atoms. The number of nitrogens with zero attached hydrogens (tertiary/aromatic N) is 2. The molecular weight excluding hydrogens is 352 g/mol. The maximum Gasteiger partial charge on any atom is 0.225 e. The number of rotatable bonds is 5. The van der Waals surface area contributed by atoms with Crippen molar-refractivity contribution in [2.75, 3.05) is 39.3 Å². The maximum atomic E-state index is 13.0. The number of nitrogens with one attached hydrogen (secondary N) is 2. The van der Waals surface area contributed by atoms with Crippen LogP contribution < -0.4 is 10.6 Å². The van der Waals surface area contributed by atoms with Gasteiger partial charge >= 0.3 is 0 Å². The van der Waals surface area contributed by atoms with Crippen LogP contribution in [0.3, 0.4) is 0 Å². The summed E-state index contributed by atoms with van der Waals surface area (Å²) in [4.78, 5) is 30.0. The second-order valence-electron chi connectivity index (χ2n) is 9.48. The molecule has 2 aliphatic carbocycles. The Labute approximate surface area is 169 Å². The average molecular weight is 391 g/mol. The van der Waals surface area contributed by atoms with Crippen molar-refractivity contribution in [1.82, 2.24) is 20.4 Å². The molecule has 2 heterocycles. The number of likely N-dealkylation sites (tertiary alicyclic amines) is 1. The molecule has 4 aliphatic rings. The molecule has 0 aromatic carbocycles. The quantitative estimate of drug-likeness (QED) is 0.751. The zero-order valence-corrected chi connectivity index (χ0v) is 17.3. The third-order valence-corrected chi connectivity index (χ3v) is 7.53.